The van der Waals surface area contributed by atoms with Gasteiger partial charge in [0.05, 0.1) is 0 Å². The molecule has 0 N–H and O–H groups in total. The fourth-order valence-electron chi connectivity index (χ4n) is 1.14. The quantitative estimate of drug-likeness (QED) is 0.425. The molecule has 0 nitrogen and oxygen atoms in total. The summed E-state index contributed by atoms with van der Waals surface area (Å²) in [4.78, 5) is 0. The first-order valence-electron chi connectivity index (χ1n) is 2.93. The lowest BCUT2D eigenvalue weighted by molar-refractivity contribution is 0.615. The lowest BCUT2D eigenvalue weighted by atomic mass is 10.2. The summed E-state index contributed by atoms with van der Waals surface area (Å²) in [5.74, 6) is 1.02. The van der Waals surface area contributed by atoms with Crippen LogP contribution in [0.25, 0.3) is 0 Å². The first-order chi connectivity index (χ1) is 3.29. The summed E-state index contributed by atoms with van der Waals surface area (Å²) in [6, 6.07) is 0. The zero-order chi connectivity index (χ0) is 5.28. The highest BCUT2D eigenvalue weighted by Gasteiger charge is 2.17. The van der Waals surface area contributed by atoms with Gasteiger partial charge in [-0.3, -0.25) is 0 Å². The van der Waals surface area contributed by atoms with Crippen molar-refractivity contribution in [3.05, 3.63) is 0 Å². The number of halogens is 1. The minimum atomic E-state index is 0.993. The molecule has 0 amide bonds. The normalized spacial score (nSPS) is 42.0. The van der Waals surface area contributed by atoms with Crippen LogP contribution in [0.15, 0.2) is 0 Å². The summed E-state index contributed by atoms with van der Waals surface area (Å²) in [6.07, 6.45) is 4.38. The molecule has 0 aromatic heterocycles. The molecule has 42 valence electrons. The monoisotopic (exact) mass is 210 g/mol. The molecule has 0 radical (unpaired) electrons. The van der Waals surface area contributed by atoms with Crippen molar-refractivity contribution >= 4 is 22.6 Å². The van der Waals surface area contributed by atoms with Crippen LogP contribution in [0.3, 0.4) is 0 Å². The van der Waals surface area contributed by atoms with Gasteiger partial charge >= 0.3 is 0 Å². The van der Waals surface area contributed by atoms with Gasteiger partial charge in [-0.1, -0.05) is 29.5 Å². The van der Waals surface area contributed by atoms with Crippen molar-refractivity contribution in [2.75, 3.05) is 0 Å². The molecular weight excluding hydrogens is 199 g/mol. The van der Waals surface area contributed by atoms with Crippen molar-refractivity contribution in [1.29, 1.82) is 0 Å². The van der Waals surface area contributed by atoms with Crippen LogP contribution in [0.4, 0.5) is 0 Å². The van der Waals surface area contributed by atoms with E-state index in [9.17, 15) is 0 Å². The van der Waals surface area contributed by atoms with Gasteiger partial charge in [0.15, 0.2) is 0 Å². The largest absolute Gasteiger partial charge is 0.0826 e. The molecule has 1 aliphatic carbocycles. The van der Waals surface area contributed by atoms with Crippen molar-refractivity contribution < 1.29 is 0 Å². The number of hydrogen-bond donors (Lipinski definition) is 0. The Labute approximate surface area is 58.8 Å². The number of hydrogen-bond acceptors (Lipinski definition) is 0. The Morgan fingerprint density at radius 2 is 2.14 bits per heavy atom. The fourth-order valence-corrected chi connectivity index (χ4v) is 2.37. The molecule has 0 bridgehead atoms. The predicted molar refractivity (Wildman–Crippen MR) is 40.8 cm³/mol. The average molecular weight is 210 g/mol. The van der Waals surface area contributed by atoms with Crippen molar-refractivity contribution in [2.24, 2.45) is 5.92 Å². The third kappa shape index (κ3) is 1.59. The summed E-state index contributed by atoms with van der Waals surface area (Å²) in [7, 11) is 0. The van der Waals surface area contributed by atoms with Gasteiger partial charge in [-0.2, -0.15) is 0 Å². The molecule has 0 aliphatic heterocycles. The number of rotatable bonds is 0. The molecule has 1 aliphatic rings. The summed E-state index contributed by atoms with van der Waals surface area (Å²) in [5, 5.41) is 0. The van der Waals surface area contributed by atoms with E-state index >= 15 is 0 Å². The van der Waals surface area contributed by atoms with E-state index in [-0.39, 0.29) is 0 Å². The van der Waals surface area contributed by atoms with E-state index in [1.165, 1.54) is 19.3 Å². The molecule has 0 aromatic carbocycles. The summed E-state index contributed by atoms with van der Waals surface area (Å²) < 4.78 is 0.993. The maximum absolute atomic E-state index is 2.55. The first-order valence-corrected chi connectivity index (χ1v) is 4.17. The Bertz CT molecular complexity index is 53.2. The molecule has 0 aromatic rings. The Balaban J connectivity index is 2.26. The van der Waals surface area contributed by atoms with E-state index in [2.05, 4.69) is 29.5 Å². The molecule has 1 heteroatoms. The second-order valence-corrected chi connectivity index (χ2v) is 4.28. The Morgan fingerprint density at radius 1 is 1.43 bits per heavy atom. The Kier molecular flexibility index (Phi) is 1.95. The maximum atomic E-state index is 2.55. The van der Waals surface area contributed by atoms with Gasteiger partial charge in [-0.15, -0.1) is 0 Å². The number of alkyl halides is 1. The molecule has 2 atom stereocenters. The fraction of sp³-hybridized carbons (Fsp3) is 1.00. The smallest absolute Gasteiger partial charge is 0.0112 e. The van der Waals surface area contributed by atoms with Gasteiger partial charge in [0.25, 0.3) is 0 Å². The lowest BCUT2D eigenvalue weighted by Crippen LogP contribution is -1.86. The van der Waals surface area contributed by atoms with E-state index in [0.29, 0.717) is 0 Å². The highest BCUT2D eigenvalue weighted by molar-refractivity contribution is 14.1. The lowest BCUT2D eigenvalue weighted by Gasteiger charge is -1.94. The molecule has 0 saturated heterocycles. The summed E-state index contributed by atoms with van der Waals surface area (Å²) in [6.45, 7) is 2.35. The topological polar surface area (TPSA) is 0 Å². The van der Waals surface area contributed by atoms with Crippen LogP contribution in [0.2, 0.25) is 0 Å². The van der Waals surface area contributed by atoms with E-state index in [1.807, 2.05) is 0 Å². The van der Waals surface area contributed by atoms with Crippen LogP contribution in [0.5, 0.6) is 0 Å². The maximum Gasteiger partial charge on any atom is 0.0112 e. The second-order valence-electron chi connectivity index (χ2n) is 2.52. The van der Waals surface area contributed by atoms with Crippen LogP contribution < -0.4 is 0 Å². The third-order valence-corrected chi connectivity index (χ3v) is 2.76. The van der Waals surface area contributed by atoms with E-state index < -0.39 is 0 Å². The minimum Gasteiger partial charge on any atom is -0.0826 e. The van der Waals surface area contributed by atoms with Gasteiger partial charge < -0.3 is 0 Å². The average Bonchev–Trinajstić information content (AvgIpc) is 1.87. The Hall–Kier alpha value is 0.730. The zero-order valence-corrected chi connectivity index (χ0v) is 6.81. The molecular formula is C6H11I. The zero-order valence-electron chi connectivity index (χ0n) is 4.65. The van der Waals surface area contributed by atoms with E-state index in [0.717, 1.165) is 9.84 Å². The van der Waals surface area contributed by atoms with Gasteiger partial charge in [-0.05, 0) is 25.2 Å². The molecule has 1 saturated carbocycles. The second kappa shape index (κ2) is 2.33. The molecule has 7 heavy (non-hydrogen) atoms. The van der Waals surface area contributed by atoms with Crippen molar-refractivity contribution in [2.45, 2.75) is 30.1 Å². The highest BCUT2D eigenvalue weighted by atomic mass is 127. The van der Waals surface area contributed by atoms with Gasteiger partial charge in [0.1, 0.15) is 0 Å². The standard InChI is InChI=1S/C6H11I/c1-5-2-3-6(7)4-5/h5-6H,2-4H2,1H3/t5-,6+/m0/s1. The third-order valence-electron chi connectivity index (χ3n) is 1.63. The molecule has 1 fully saturated rings. The molecule has 1 rings (SSSR count). The van der Waals surface area contributed by atoms with Gasteiger partial charge in [-0.25, -0.2) is 0 Å². The van der Waals surface area contributed by atoms with Crippen molar-refractivity contribution in [1.82, 2.24) is 0 Å². The van der Waals surface area contributed by atoms with E-state index in [4.69, 9.17) is 0 Å². The summed E-state index contributed by atoms with van der Waals surface area (Å²) >= 11 is 2.55. The minimum absolute atomic E-state index is 0.993. The SMILES string of the molecule is C[C@H]1CC[C@@H](I)C1. The van der Waals surface area contributed by atoms with Crippen LogP contribution in [0, 0.1) is 5.92 Å². The van der Waals surface area contributed by atoms with Crippen LogP contribution in [-0.4, -0.2) is 3.92 Å². The predicted octanol–water partition coefficient (Wildman–Crippen LogP) is 2.61. The van der Waals surface area contributed by atoms with E-state index in [1.54, 1.807) is 0 Å². The van der Waals surface area contributed by atoms with Crippen molar-refractivity contribution in [3.63, 3.8) is 0 Å². The Morgan fingerprint density at radius 3 is 2.29 bits per heavy atom. The molecule has 0 spiro atoms. The van der Waals surface area contributed by atoms with Crippen LogP contribution in [-0.2, 0) is 0 Å². The molecule has 0 unspecified atom stereocenters. The first kappa shape index (κ1) is 5.86. The van der Waals surface area contributed by atoms with Gasteiger partial charge in [0, 0.05) is 3.92 Å². The molecule has 0 heterocycles. The van der Waals surface area contributed by atoms with Crippen LogP contribution in [0.1, 0.15) is 26.2 Å². The summed E-state index contributed by atoms with van der Waals surface area (Å²) in [5.41, 5.74) is 0. The van der Waals surface area contributed by atoms with Gasteiger partial charge in [0.2, 0.25) is 0 Å². The van der Waals surface area contributed by atoms with Crippen molar-refractivity contribution in [3.8, 4) is 0 Å². The van der Waals surface area contributed by atoms with Crippen LogP contribution >= 0.6 is 22.6 Å². The highest BCUT2D eigenvalue weighted by Crippen LogP contribution is 2.29.